The van der Waals surface area contributed by atoms with Gasteiger partial charge >= 0.3 is 5.97 Å². The van der Waals surface area contributed by atoms with Gasteiger partial charge in [-0.2, -0.15) is 0 Å². The molecule has 0 amide bonds. The molecule has 1 N–H and O–H groups in total. The number of anilines is 1. The van der Waals surface area contributed by atoms with Crippen LogP contribution in [-0.4, -0.2) is 24.7 Å². The zero-order valence-corrected chi connectivity index (χ0v) is 12.1. The Bertz CT molecular complexity index is 614. The highest BCUT2D eigenvalue weighted by atomic mass is 16.5. The zero-order valence-electron chi connectivity index (χ0n) is 12.1. The number of hydrogen-bond acceptors (Lipinski definition) is 5. The molecule has 2 aromatic rings. The van der Waals surface area contributed by atoms with Gasteiger partial charge in [0.25, 0.3) is 0 Å². The van der Waals surface area contributed by atoms with Crippen molar-refractivity contribution < 1.29 is 14.3 Å². The van der Waals surface area contributed by atoms with Gasteiger partial charge < -0.3 is 14.8 Å². The quantitative estimate of drug-likeness (QED) is 0.827. The first-order valence-electron chi connectivity index (χ1n) is 6.73. The van der Waals surface area contributed by atoms with E-state index < -0.39 is 5.97 Å². The fraction of sp³-hybridized carbons (Fsp3) is 0.250. The van der Waals surface area contributed by atoms with E-state index in [0.29, 0.717) is 24.5 Å². The van der Waals surface area contributed by atoms with E-state index in [0.717, 1.165) is 11.3 Å². The third kappa shape index (κ3) is 3.95. The van der Waals surface area contributed by atoms with Crippen LogP contribution in [0, 0.1) is 0 Å². The van der Waals surface area contributed by atoms with Gasteiger partial charge in [-0.3, -0.25) is 0 Å². The van der Waals surface area contributed by atoms with Crippen molar-refractivity contribution in [2.45, 2.75) is 13.5 Å². The molecule has 0 spiro atoms. The monoisotopic (exact) mass is 286 g/mol. The van der Waals surface area contributed by atoms with E-state index in [9.17, 15) is 4.79 Å². The van der Waals surface area contributed by atoms with Crippen molar-refractivity contribution in [3.8, 4) is 5.75 Å². The van der Waals surface area contributed by atoms with Crippen LogP contribution in [0.25, 0.3) is 0 Å². The normalized spacial score (nSPS) is 10.0. The zero-order chi connectivity index (χ0) is 15.1. The molecule has 0 atom stereocenters. The van der Waals surface area contributed by atoms with Crippen molar-refractivity contribution in [3.63, 3.8) is 0 Å². The summed E-state index contributed by atoms with van der Waals surface area (Å²) >= 11 is 0. The van der Waals surface area contributed by atoms with Crippen LogP contribution in [-0.2, 0) is 11.3 Å². The molecule has 0 bridgehead atoms. The Labute approximate surface area is 123 Å². The third-order valence-corrected chi connectivity index (χ3v) is 2.88. The molecule has 0 radical (unpaired) electrons. The number of ether oxygens (including phenoxy) is 2. The summed E-state index contributed by atoms with van der Waals surface area (Å²) in [6.07, 6.45) is 1.63. The number of methoxy groups -OCH3 is 1. The van der Waals surface area contributed by atoms with Gasteiger partial charge in [0.2, 0.25) is 0 Å². The van der Waals surface area contributed by atoms with Gasteiger partial charge in [-0.25, -0.2) is 9.78 Å². The Morgan fingerprint density at radius 2 is 2.14 bits per heavy atom. The molecule has 110 valence electrons. The summed E-state index contributed by atoms with van der Waals surface area (Å²) < 4.78 is 10.2. The summed E-state index contributed by atoms with van der Waals surface area (Å²) in [6.45, 7) is 3.12. The summed E-state index contributed by atoms with van der Waals surface area (Å²) in [5.41, 5.74) is 1.46. The Kier molecular flexibility index (Phi) is 5.15. The second-order valence-corrected chi connectivity index (χ2v) is 4.33. The molecule has 0 fully saturated rings. The first kappa shape index (κ1) is 14.8. The summed E-state index contributed by atoms with van der Waals surface area (Å²) in [4.78, 5) is 15.8. The summed E-state index contributed by atoms with van der Waals surface area (Å²) in [5.74, 6) is 0.922. The van der Waals surface area contributed by atoms with Gasteiger partial charge in [-0.15, -0.1) is 0 Å². The molecule has 2 rings (SSSR count). The Balaban J connectivity index is 2.09. The Hall–Kier alpha value is -2.56. The molecule has 1 aromatic carbocycles. The summed E-state index contributed by atoms with van der Waals surface area (Å²) in [5, 5.41) is 3.15. The van der Waals surface area contributed by atoms with Crippen molar-refractivity contribution in [2.24, 2.45) is 0 Å². The van der Waals surface area contributed by atoms with E-state index in [2.05, 4.69) is 10.3 Å². The van der Waals surface area contributed by atoms with Crippen molar-refractivity contribution >= 4 is 11.8 Å². The maximum absolute atomic E-state index is 11.7. The number of benzene rings is 1. The predicted octanol–water partition coefficient (Wildman–Crippen LogP) is 2.88. The molecule has 1 aromatic heterocycles. The van der Waals surface area contributed by atoms with E-state index in [1.807, 2.05) is 31.2 Å². The lowest BCUT2D eigenvalue weighted by Crippen LogP contribution is -2.09. The minimum absolute atomic E-state index is 0.409. The maximum atomic E-state index is 11.7. The molecule has 5 nitrogen and oxygen atoms in total. The SMILES string of the molecule is CCOc1cccc(CNc2ncccc2C(=O)OC)c1. The first-order valence-corrected chi connectivity index (χ1v) is 6.73. The number of nitrogens with zero attached hydrogens (tertiary/aromatic N) is 1. The van der Waals surface area contributed by atoms with E-state index >= 15 is 0 Å². The molecule has 1 heterocycles. The van der Waals surface area contributed by atoms with Gasteiger partial charge in [-0.1, -0.05) is 12.1 Å². The van der Waals surface area contributed by atoms with Crippen LogP contribution in [0.4, 0.5) is 5.82 Å². The molecule has 5 heteroatoms. The molecule has 0 aliphatic rings. The predicted molar refractivity (Wildman–Crippen MR) is 80.5 cm³/mol. The number of aromatic nitrogens is 1. The number of pyridine rings is 1. The van der Waals surface area contributed by atoms with Crippen LogP contribution in [0.3, 0.4) is 0 Å². The second kappa shape index (κ2) is 7.28. The maximum Gasteiger partial charge on any atom is 0.341 e. The van der Waals surface area contributed by atoms with Crippen molar-refractivity contribution in [1.29, 1.82) is 0 Å². The number of nitrogens with one attached hydrogen (secondary N) is 1. The molecular weight excluding hydrogens is 268 g/mol. The first-order chi connectivity index (χ1) is 10.2. The number of esters is 1. The highest BCUT2D eigenvalue weighted by molar-refractivity contribution is 5.94. The van der Waals surface area contributed by atoms with Crippen LogP contribution in [0.15, 0.2) is 42.6 Å². The lowest BCUT2D eigenvalue weighted by Gasteiger charge is -2.10. The van der Waals surface area contributed by atoms with E-state index in [1.165, 1.54) is 7.11 Å². The molecule has 21 heavy (non-hydrogen) atoms. The minimum Gasteiger partial charge on any atom is -0.494 e. The number of rotatable bonds is 6. The van der Waals surface area contributed by atoms with Gasteiger partial charge in [0, 0.05) is 12.7 Å². The fourth-order valence-electron chi connectivity index (χ4n) is 1.92. The standard InChI is InChI=1S/C16H18N2O3/c1-3-21-13-7-4-6-12(10-13)11-18-15-14(16(19)20-2)8-5-9-17-15/h4-10H,3,11H2,1-2H3,(H,17,18). The van der Waals surface area contributed by atoms with Crippen LogP contribution in [0.1, 0.15) is 22.8 Å². The average molecular weight is 286 g/mol. The largest absolute Gasteiger partial charge is 0.494 e. The topological polar surface area (TPSA) is 60.5 Å². The molecule has 0 aliphatic heterocycles. The number of carbonyl (C=O) groups is 1. The highest BCUT2D eigenvalue weighted by Crippen LogP contribution is 2.17. The highest BCUT2D eigenvalue weighted by Gasteiger charge is 2.11. The van der Waals surface area contributed by atoms with Gasteiger partial charge in [0.05, 0.1) is 13.7 Å². The summed E-state index contributed by atoms with van der Waals surface area (Å²) in [6, 6.07) is 11.2. The number of hydrogen-bond donors (Lipinski definition) is 1. The second-order valence-electron chi connectivity index (χ2n) is 4.33. The molecule has 0 saturated carbocycles. The lowest BCUT2D eigenvalue weighted by atomic mass is 10.2. The molecule has 0 unspecified atom stereocenters. The van der Waals surface area contributed by atoms with Crippen LogP contribution in [0.2, 0.25) is 0 Å². The molecule has 0 aliphatic carbocycles. The minimum atomic E-state index is -0.409. The third-order valence-electron chi connectivity index (χ3n) is 2.88. The van der Waals surface area contributed by atoms with Gasteiger partial charge in [0.1, 0.15) is 17.1 Å². The fourth-order valence-corrected chi connectivity index (χ4v) is 1.92. The summed E-state index contributed by atoms with van der Waals surface area (Å²) in [7, 11) is 1.35. The van der Waals surface area contributed by atoms with Gasteiger partial charge in [-0.05, 0) is 36.8 Å². The molecular formula is C16H18N2O3. The van der Waals surface area contributed by atoms with E-state index in [1.54, 1.807) is 18.3 Å². The smallest absolute Gasteiger partial charge is 0.341 e. The van der Waals surface area contributed by atoms with E-state index in [4.69, 9.17) is 9.47 Å². The number of carbonyl (C=O) groups excluding carboxylic acids is 1. The van der Waals surface area contributed by atoms with Crippen molar-refractivity contribution in [2.75, 3.05) is 19.0 Å². The van der Waals surface area contributed by atoms with E-state index in [-0.39, 0.29) is 0 Å². The van der Waals surface area contributed by atoms with Crippen LogP contribution in [0.5, 0.6) is 5.75 Å². The van der Waals surface area contributed by atoms with Crippen LogP contribution >= 0.6 is 0 Å². The van der Waals surface area contributed by atoms with Crippen molar-refractivity contribution in [3.05, 3.63) is 53.7 Å². The van der Waals surface area contributed by atoms with Gasteiger partial charge in [0.15, 0.2) is 0 Å². The Morgan fingerprint density at radius 1 is 1.29 bits per heavy atom. The Morgan fingerprint density at radius 3 is 2.90 bits per heavy atom. The van der Waals surface area contributed by atoms with Crippen molar-refractivity contribution in [1.82, 2.24) is 4.98 Å². The lowest BCUT2D eigenvalue weighted by molar-refractivity contribution is 0.0601. The average Bonchev–Trinajstić information content (AvgIpc) is 2.53. The van der Waals surface area contributed by atoms with Crippen LogP contribution < -0.4 is 10.1 Å². The molecule has 0 saturated heterocycles.